The van der Waals surface area contributed by atoms with E-state index in [0.29, 0.717) is 0 Å². The summed E-state index contributed by atoms with van der Waals surface area (Å²) in [5, 5.41) is 9.00. The van der Waals surface area contributed by atoms with Crippen LogP contribution in [0, 0.1) is 0 Å². The topological polar surface area (TPSA) is 39.9 Å². The van der Waals surface area contributed by atoms with Crippen LogP contribution in [0.2, 0.25) is 0 Å². The van der Waals surface area contributed by atoms with E-state index in [1.54, 1.807) is 7.11 Å². The summed E-state index contributed by atoms with van der Waals surface area (Å²) in [6.45, 7) is 2.25. The molecule has 0 aliphatic heterocycles. The number of para-hydroxylation sites is 1. The Bertz CT molecular complexity index is 809. The van der Waals surface area contributed by atoms with Crippen LogP contribution in [-0.2, 0) is 6.42 Å². The lowest BCUT2D eigenvalue weighted by molar-refractivity contribution is 0.415. The van der Waals surface area contributed by atoms with Crippen molar-refractivity contribution in [1.29, 1.82) is 0 Å². The molecule has 0 bridgehead atoms. The van der Waals surface area contributed by atoms with Gasteiger partial charge < -0.3 is 4.74 Å². The van der Waals surface area contributed by atoms with Crippen molar-refractivity contribution < 1.29 is 4.74 Å². The van der Waals surface area contributed by atoms with Crippen LogP contribution in [0.5, 0.6) is 5.75 Å². The van der Waals surface area contributed by atoms with Crippen LogP contribution < -0.4 is 4.74 Å². The van der Waals surface area contributed by atoms with Crippen molar-refractivity contribution in [1.82, 2.24) is 15.0 Å². The Balaban J connectivity index is 1.83. The third-order valence-electron chi connectivity index (χ3n) is 4.87. The molecule has 27 heavy (non-hydrogen) atoms. The number of hydrogen-bond acceptors (Lipinski definition) is 3. The molecule has 4 heteroatoms. The highest BCUT2D eigenvalue weighted by Gasteiger charge is 2.16. The van der Waals surface area contributed by atoms with Gasteiger partial charge in [0, 0.05) is 5.56 Å². The van der Waals surface area contributed by atoms with E-state index in [4.69, 9.17) is 4.74 Å². The number of nitrogens with zero attached hydrogens (tertiary/aromatic N) is 3. The molecule has 0 aliphatic carbocycles. The van der Waals surface area contributed by atoms with Gasteiger partial charge in [0.1, 0.15) is 5.75 Å². The van der Waals surface area contributed by atoms with E-state index in [0.717, 1.165) is 41.2 Å². The number of unbranched alkanes of at least 4 members (excludes halogenated alkanes) is 5. The summed E-state index contributed by atoms with van der Waals surface area (Å²) in [7, 11) is 1.69. The van der Waals surface area contributed by atoms with E-state index in [9.17, 15) is 0 Å². The average molecular weight is 364 g/mol. The number of aromatic nitrogens is 3. The number of rotatable bonds is 10. The van der Waals surface area contributed by atoms with Crippen LogP contribution in [0.15, 0.2) is 54.6 Å². The molecule has 0 fully saturated rings. The van der Waals surface area contributed by atoms with Gasteiger partial charge in [0.05, 0.1) is 24.2 Å². The first-order valence-corrected chi connectivity index (χ1v) is 9.98. The SMILES string of the molecule is CCCCCCCCc1nnn(-c2ccccc2)c1-c1ccc(OC)cc1. The minimum absolute atomic E-state index is 0.856. The molecule has 4 nitrogen and oxygen atoms in total. The second-order valence-electron chi connectivity index (χ2n) is 6.88. The molecule has 3 aromatic rings. The zero-order chi connectivity index (χ0) is 18.9. The van der Waals surface area contributed by atoms with Gasteiger partial charge in [-0.05, 0) is 49.2 Å². The van der Waals surface area contributed by atoms with Gasteiger partial charge in [0.25, 0.3) is 0 Å². The molecule has 0 spiro atoms. The molecule has 2 aromatic carbocycles. The average Bonchev–Trinajstić information content (AvgIpc) is 3.15. The maximum Gasteiger partial charge on any atom is 0.118 e. The van der Waals surface area contributed by atoms with Crippen molar-refractivity contribution in [3.05, 3.63) is 60.3 Å². The lowest BCUT2D eigenvalue weighted by Crippen LogP contribution is -2.00. The van der Waals surface area contributed by atoms with Crippen LogP contribution in [-0.4, -0.2) is 22.1 Å². The Morgan fingerprint density at radius 3 is 2.26 bits per heavy atom. The molecule has 1 heterocycles. The fourth-order valence-corrected chi connectivity index (χ4v) is 3.34. The zero-order valence-corrected chi connectivity index (χ0v) is 16.4. The Labute approximate surface area is 162 Å². The minimum Gasteiger partial charge on any atom is -0.497 e. The van der Waals surface area contributed by atoms with Crippen molar-refractivity contribution in [2.45, 2.75) is 51.9 Å². The smallest absolute Gasteiger partial charge is 0.118 e. The summed E-state index contributed by atoms with van der Waals surface area (Å²) in [4.78, 5) is 0. The molecule has 0 amide bonds. The van der Waals surface area contributed by atoms with Gasteiger partial charge in [-0.2, -0.15) is 0 Å². The first kappa shape index (κ1) is 19.2. The molecule has 0 saturated carbocycles. The second-order valence-corrected chi connectivity index (χ2v) is 6.88. The lowest BCUT2D eigenvalue weighted by atomic mass is 10.0. The van der Waals surface area contributed by atoms with E-state index < -0.39 is 0 Å². The van der Waals surface area contributed by atoms with Crippen molar-refractivity contribution in [3.63, 3.8) is 0 Å². The highest BCUT2D eigenvalue weighted by Crippen LogP contribution is 2.28. The first-order valence-electron chi connectivity index (χ1n) is 9.98. The number of benzene rings is 2. The molecule has 0 aliphatic rings. The highest BCUT2D eigenvalue weighted by atomic mass is 16.5. The molecule has 3 rings (SSSR count). The summed E-state index contributed by atoms with van der Waals surface area (Å²) in [6, 6.07) is 18.4. The van der Waals surface area contributed by atoms with Gasteiger partial charge in [-0.3, -0.25) is 0 Å². The van der Waals surface area contributed by atoms with Crippen molar-refractivity contribution in [2.24, 2.45) is 0 Å². The lowest BCUT2D eigenvalue weighted by Gasteiger charge is -2.09. The zero-order valence-electron chi connectivity index (χ0n) is 16.4. The van der Waals surface area contributed by atoms with Crippen molar-refractivity contribution in [3.8, 4) is 22.7 Å². The van der Waals surface area contributed by atoms with Gasteiger partial charge in [-0.1, -0.05) is 62.4 Å². The van der Waals surface area contributed by atoms with Gasteiger partial charge in [-0.25, -0.2) is 4.68 Å². The summed E-state index contributed by atoms with van der Waals surface area (Å²) < 4.78 is 7.26. The molecule has 0 radical (unpaired) electrons. The molecular formula is C23H29N3O. The Kier molecular flexibility index (Phi) is 7.03. The maximum absolute atomic E-state index is 5.31. The van der Waals surface area contributed by atoms with Crippen molar-refractivity contribution in [2.75, 3.05) is 7.11 Å². The Morgan fingerprint density at radius 1 is 0.852 bits per heavy atom. The number of hydrogen-bond donors (Lipinski definition) is 0. The minimum atomic E-state index is 0.856. The third-order valence-corrected chi connectivity index (χ3v) is 4.87. The van der Waals surface area contributed by atoms with Crippen LogP contribution in [0.3, 0.4) is 0 Å². The molecule has 1 aromatic heterocycles. The van der Waals surface area contributed by atoms with Crippen LogP contribution >= 0.6 is 0 Å². The fourth-order valence-electron chi connectivity index (χ4n) is 3.34. The number of aryl methyl sites for hydroxylation is 1. The second kappa shape index (κ2) is 9.91. The molecule has 0 atom stereocenters. The molecule has 142 valence electrons. The van der Waals surface area contributed by atoms with E-state index in [1.165, 1.54) is 32.1 Å². The van der Waals surface area contributed by atoms with E-state index >= 15 is 0 Å². The summed E-state index contributed by atoms with van der Waals surface area (Å²) in [6.07, 6.45) is 8.62. The maximum atomic E-state index is 5.31. The normalized spacial score (nSPS) is 10.9. The highest BCUT2D eigenvalue weighted by molar-refractivity contribution is 5.65. The van der Waals surface area contributed by atoms with E-state index in [1.807, 2.05) is 35.0 Å². The third kappa shape index (κ3) is 4.97. The standard InChI is InChI=1S/C23H29N3O/c1-3-4-5-6-7-11-14-22-23(19-15-17-21(27-2)18-16-19)26(25-24-22)20-12-9-8-10-13-20/h8-10,12-13,15-18H,3-7,11,14H2,1-2H3. The monoisotopic (exact) mass is 363 g/mol. The molecule has 0 unspecified atom stereocenters. The van der Waals surface area contributed by atoms with E-state index in [-0.39, 0.29) is 0 Å². The van der Waals surface area contributed by atoms with Crippen molar-refractivity contribution >= 4 is 0 Å². The molecular weight excluding hydrogens is 334 g/mol. The summed E-state index contributed by atoms with van der Waals surface area (Å²) >= 11 is 0. The summed E-state index contributed by atoms with van der Waals surface area (Å²) in [5.74, 6) is 0.856. The Hall–Kier alpha value is -2.62. The van der Waals surface area contributed by atoms with Crippen LogP contribution in [0.25, 0.3) is 16.9 Å². The molecule has 0 N–H and O–H groups in total. The quantitative estimate of drug-likeness (QED) is 0.424. The van der Waals surface area contributed by atoms with Gasteiger partial charge in [0.2, 0.25) is 0 Å². The predicted octanol–water partition coefficient (Wildman–Crippen LogP) is 5.85. The fraction of sp³-hybridized carbons (Fsp3) is 0.391. The number of ether oxygens (including phenoxy) is 1. The Morgan fingerprint density at radius 2 is 1.56 bits per heavy atom. The molecule has 0 saturated heterocycles. The predicted molar refractivity (Wildman–Crippen MR) is 110 cm³/mol. The van der Waals surface area contributed by atoms with Crippen LogP contribution in [0.4, 0.5) is 0 Å². The van der Waals surface area contributed by atoms with Gasteiger partial charge >= 0.3 is 0 Å². The van der Waals surface area contributed by atoms with Crippen LogP contribution in [0.1, 0.15) is 51.1 Å². The van der Waals surface area contributed by atoms with Gasteiger partial charge in [0.15, 0.2) is 0 Å². The van der Waals surface area contributed by atoms with E-state index in [2.05, 4.69) is 41.5 Å². The van der Waals surface area contributed by atoms with Gasteiger partial charge in [-0.15, -0.1) is 5.10 Å². The first-order chi connectivity index (χ1) is 13.3. The largest absolute Gasteiger partial charge is 0.497 e. The summed E-state index contributed by atoms with van der Waals surface area (Å²) in [5.41, 5.74) is 4.30. The number of methoxy groups -OCH3 is 1.